The second-order valence-corrected chi connectivity index (χ2v) is 7.26. The number of H-pyrrole nitrogens is 1. The number of sulfonamides is 1. The molecule has 0 aliphatic heterocycles. The van der Waals surface area contributed by atoms with E-state index in [9.17, 15) is 8.42 Å². The van der Waals surface area contributed by atoms with Crippen molar-refractivity contribution in [2.24, 2.45) is 0 Å². The van der Waals surface area contributed by atoms with E-state index < -0.39 is 10.0 Å². The van der Waals surface area contributed by atoms with Gasteiger partial charge in [-0.05, 0) is 27.2 Å². The first-order valence-corrected chi connectivity index (χ1v) is 8.95. The molecular weight excluding hydrogens is 298 g/mol. The first-order valence-electron chi connectivity index (χ1n) is 6.97. The molecule has 1 rings (SSSR count). The summed E-state index contributed by atoms with van der Waals surface area (Å²) in [5, 5.41) is 6.73. The Labute approximate surface area is 126 Å². The Morgan fingerprint density at radius 2 is 2.00 bits per heavy atom. The van der Waals surface area contributed by atoms with Gasteiger partial charge in [-0.15, -0.1) is 11.6 Å². The summed E-state index contributed by atoms with van der Waals surface area (Å²) in [4.78, 5) is 0. The summed E-state index contributed by atoms with van der Waals surface area (Å²) < 4.78 is 27.0. The van der Waals surface area contributed by atoms with Crippen molar-refractivity contribution in [2.45, 2.75) is 63.9 Å². The fourth-order valence-electron chi connectivity index (χ4n) is 2.09. The Kier molecular flexibility index (Phi) is 6.48. The normalized spacial score (nSPS) is 12.6. The summed E-state index contributed by atoms with van der Waals surface area (Å²) in [6.45, 7) is 8.14. The summed E-state index contributed by atoms with van der Waals surface area (Å²) in [7, 11) is -3.60. The van der Waals surface area contributed by atoms with E-state index in [1.54, 1.807) is 6.92 Å². The van der Waals surface area contributed by atoms with E-state index in [2.05, 4.69) is 17.1 Å². The van der Waals surface area contributed by atoms with Crippen molar-refractivity contribution in [1.29, 1.82) is 0 Å². The van der Waals surface area contributed by atoms with Gasteiger partial charge in [-0.3, -0.25) is 5.10 Å². The average molecular weight is 322 g/mol. The summed E-state index contributed by atoms with van der Waals surface area (Å²) in [5.74, 6) is 0.137. The molecule has 5 nitrogen and oxygen atoms in total. The van der Waals surface area contributed by atoms with Crippen molar-refractivity contribution < 1.29 is 8.42 Å². The van der Waals surface area contributed by atoms with Crippen molar-refractivity contribution in [3.63, 3.8) is 0 Å². The summed E-state index contributed by atoms with van der Waals surface area (Å²) in [6.07, 6.45) is 2.93. The van der Waals surface area contributed by atoms with Crippen LogP contribution in [0, 0.1) is 6.92 Å². The molecule has 1 aromatic heterocycles. The highest BCUT2D eigenvalue weighted by molar-refractivity contribution is 7.89. The van der Waals surface area contributed by atoms with Crippen molar-refractivity contribution in [2.75, 3.05) is 6.54 Å². The Balaban J connectivity index is 3.09. The number of hydrogen-bond donors (Lipinski definition) is 1. The van der Waals surface area contributed by atoms with Crippen molar-refractivity contribution in [3.05, 3.63) is 11.3 Å². The molecule has 0 fully saturated rings. The molecule has 0 spiro atoms. The predicted molar refractivity (Wildman–Crippen MR) is 81.4 cm³/mol. The highest BCUT2D eigenvalue weighted by atomic mass is 35.5. The molecule has 116 valence electrons. The van der Waals surface area contributed by atoms with Gasteiger partial charge in [0.2, 0.25) is 0 Å². The molecule has 0 saturated carbocycles. The van der Waals surface area contributed by atoms with Gasteiger partial charge in [0.1, 0.15) is 0 Å². The summed E-state index contributed by atoms with van der Waals surface area (Å²) >= 11 is 5.85. The van der Waals surface area contributed by atoms with E-state index in [4.69, 9.17) is 11.6 Å². The highest BCUT2D eigenvalue weighted by Gasteiger charge is 2.31. The van der Waals surface area contributed by atoms with Crippen LogP contribution in [0.5, 0.6) is 0 Å². The van der Waals surface area contributed by atoms with Crippen LogP contribution in [0.1, 0.15) is 51.3 Å². The zero-order chi connectivity index (χ0) is 15.3. The van der Waals surface area contributed by atoms with E-state index in [1.807, 2.05) is 13.8 Å². The van der Waals surface area contributed by atoms with Crippen LogP contribution in [0.4, 0.5) is 0 Å². The molecular formula is C13H24ClN3O2S. The van der Waals surface area contributed by atoms with Gasteiger partial charge in [0, 0.05) is 23.8 Å². The molecule has 1 heterocycles. The minimum Gasteiger partial charge on any atom is -0.281 e. The van der Waals surface area contributed by atoms with Crippen LogP contribution in [0.2, 0.25) is 0 Å². The number of nitrogens with zero attached hydrogens (tertiary/aromatic N) is 2. The maximum Gasteiger partial charge on any atom is 0.262 e. The van der Waals surface area contributed by atoms with E-state index in [-0.39, 0.29) is 16.9 Å². The van der Waals surface area contributed by atoms with Gasteiger partial charge in [-0.2, -0.15) is 9.40 Å². The van der Waals surface area contributed by atoms with Crippen LogP contribution in [0.25, 0.3) is 0 Å². The molecule has 20 heavy (non-hydrogen) atoms. The van der Waals surface area contributed by atoms with Crippen LogP contribution >= 0.6 is 11.6 Å². The third-order valence-corrected chi connectivity index (χ3v) is 5.60. The van der Waals surface area contributed by atoms with Gasteiger partial charge in [-0.1, -0.05) is 19.8 Å². The van der Waals surface area contributed by atoms with Crippen LogP contribution in [0.3, 0.4) is 0 Å². The maximum absolute atomic E-state index is 12.7. The number of aryl methyl sites for hydroxylation is 1. The Bertz CT molecular complexity index is 526. The molecule has 0 aliphatic carbocycles. The van der Waals surface area contributed by atoms with Gasteiger partial charge in [0.25, 0.3) is 10.0 Å². The predicted octanol–water partition coefficient (Wildman–Crippen LogP) is 3.05. The quantitative estimate of drug-likeness (QED) is 0.591. The highest BCUT2D eigenvalue weighted by Crippen LogP contribution is 2.24. The van der Waals surface area contributed by atoms with Crippen LogP contribution < -0.4 is 0 Å². The topological polar surface area (TPSA) is 66.1 Å². The van der Waals surface area contributed by atoms with E-state index in [0.29, 0.717) is 17.8 Å². The van der Waals surface area contributed by atoms with E-state index in [1.165, 1.54) is 4.31 Å². The molecule has 0 unspecified atom stereocenters. The van der Waals surface area contributed by atoms with Crippen LogP contribution in [0.15, 0.2) is 5.03 Å². The Morgan fingerprint density at radius 1 is 1.35 bits per heavy atom. The number of halogens is 1. The molecule has 1 aromatic rings. The Morgan fingerprint density at radius 3 is 2.50 bits per heavy atom. The fourth-order valence-corrected chi connectivity index (χ4v) is 4.34. The molecule has 0 radical (unpaired) electrons. The minimum atomic E-state index is -3.60. The second-order valence-electron chi connectivity index (χ2n) is 5.18. The smallest absolute Gasteiger partial charge is 0.262 e. The molecule has 0 saturated heterocycles. The van der Waals surface area contributed by atoms with Gasteiger partial charge in [0.05, 0.1) is 5.88 Å². The lowest BCUT2D eigenvalue weighted by Crippen LogP contribution is -2.38. The first-order chi connectivity index (χ1) is 9.36. The second kappa shape index (κ2) is 7.43. The monoisotopic (exact) mass is 321 g/mol. The van der Waals surface area contributed by atoms with Crippen LogP contribution in [-0.2, 0) is 15.9 Å². The zero-order valence-corrected chi connectivity index (χ0v) is 14.2. The van der Waals surface area contributed by atoms with E-state index in [0.717, 1.165) is 19.3 Å². The van der Waals surface area contributed by atoms with Gasteiger partial charge in [0.15, 0.2) is 5.03 Å². The number of aromatic amines is 1. The fraction of sp³-hybridized carbons (Fsp3) is 0.769. The average Bonchev–Trinajstić information content (AvgIpc) is 2.75. The van der Waals surface area contributed by atoms with E-state index >= 15 is 0 Å². The molecule has 7 heteroatoms. The van der Waals surface area contributed by atoms with Gasteiger partial charge < -0.3 is 0 Å². The Hall–Kier alpha value is -0.590. The molecule has 0 bridgehead atoms. The lowest BCUT2D eigenvalue weighted by molar-refractivity contribution is 0.344. The molecule has 0 aliphatic rings. The summed E-state index contributed by atoms with van der Waals surface area (Å²) in [6, 6.07) is -0.1000. The number of aromatic nitrogens is 2. The third-order valence-electron chi connectivity index (χ3n) is 3.28. The largest absolute Gasteiger partial charge is 0.281 e. The third kappa shape index (κ3) is 3.74. The molecule has 0 amide bonds. The standard InChI is InChI=1S/C13H24ClN3O2S/c1-5-6-7-8-17(10(2)3)20(18,19)13-12(9-14)11(4)15-16-13/h10H,5-9H2,1-4H3,(H,15,16). The number of hydrogen-bond acceptors (Lipinski definition) is 3. The summed E-state index contributed by atoms with van der Waals surface area (Å²) in [5.41, 5.74) is 1.27. The molecule has 1 N–H and O–H groups in total. The minimum absolute atomic E-state index is 0.0650. The molecule has 0 aromatic carbocycles. The number of alkyl halides is 1. The van der Waals surface area contributed by atoms with Crippen LogP contribution in [-0.4, -0.2) is 35.5 Å². The maximum atomic E-state index is 12.7. The van der Waals surface area contributed by atoms with Gasteiger partial charge in [-0.25, -0.2) is 8.42 Å². The first kappa shape index (κ1) is 17.5. The number of nitrogens with one attached hydrogen (secondary N) is 1. The molecule has 0 atom stereocenters. The lowest BCUT2D eigenvalue weighted by Gasteiger charge is -2.25. The zero-order valence-electron chi connectivity index (χ0n) is 12.6. The van der Waals surface area contributed by atoms with Crippen molar-refractivity contribution >= 4 is 21.6 Å². The number of rotatable bonds is 8. The van der Waals surface area contributed by atoms with Crippen molar-refractivity contribution in [1.82, 2.24) is 14.5 Å². The van der Waals surface area contributed by atoms with Gasteiger partial charge >= 0.3 is 0 Å². The number of unbranched alkanes of at least 4 members (excludes halogenated alkanes) is 2. The van der Waals surface area contributed by atoms with Crippen molar-refractivity contribution in [3.8, 4) is 0 Å². The lowest BCUT2D eigenvalue weighted by atomic mass is 10.2. The SMILES string of the molecule is CCCCCN(C(C)C)S(=O)(=O)c1n[nH]c(C)c1CCl.